The molecule has 0 fully saturated rings. The van der Waals surface area contributed by atoms with Crippen LogP contribution in [0.1, 0.15) is 13.8 Å². The molecule has 0 spiro atoms. The molecule has 2 heterocycles. The average Bonchev–Trinajstić information content (AvgIpc) is 3.12. The molecule has 0 unspecified atom stereocenters. The highest BCUT2D eigenvalue weighted by atomic mass is 32.2. The number of nitrogens with zero attached hydrogens (tertiary/aromatic N) is 4. The summed E-state index contributed by atoms with van der Waals surface area (Å²) in [6, 6.07) is 11.4. The van der Waals surface area contributed by atoms with Gasteiger partial charge in [0.2, 0.25) is 0 Å². The molecule has 0 amide bonds. The molecule has 0 bridgehead atoms. The van der Waals surface area contributed by atoms with E-state index in [2.05, 4.69) is 15.2 Å². The van der Waals surface area contributed by atoms with Crippen molar-refractivity contribution in [3.05, 3.63) is 48.8 Å². The van der Waals surface area contributed by atoms with E-state index in [0.29, 0.717) is 24.2 Å². The molecule has 0 N–H and O–H groups in total. The molecule has 1 aromatic carbocycles. The third-order valence-corrected chi connectivity index (χ3v) is 4.50. The van der Waals surface area contributed by atoms with E-state index < -0.39 is 0 Å². The molecule has 0 aliphatic rings. The monoisotopic (exact) mass is 384 g/mol. The third kappa shape index (κ3) is 4.65. The van der Waals surface area contributed by atoms with Gasteiger partial charge in [-0.05, 0) is 50.2 Å². The molecule has 27 heavy (non-hydrogen) atoms. The Morgan fingerprint density at radius 1 is 1.04 bits per heavy atom. The van der Waals surface area contributed by atoms with Crippen molar-refractivity contribution in [2.45, 2.75) is 19.0 Å². The van der Waals surface area contributed by atoms with Crippen molar-refractivity contribution in [3.63, 3.8) is 0 Å². The van der Waals surface area contributed by atoms with Crippen LogP contribution in [0, 0.1) is 0 Å². The number of carbonyl (C=O) groups is 1. The fourth-order valence-electron chi connectivity index (χ4n) is 2.47. The molecule has 3 rings (SSSR count). The fourth-order valence-corrected chi connectivity index (χ4v) is 3.22. The quantitative estimate of drug-likeness (QED) is 0.435. The predicted molar refractivity (Wildman–Crippen MR) is 103 cm³/mol. The predicted octanol–water partition coefficient (Wildman–Crippen LogP) is 3.38. The lowest BCUT2D eigenvalue weighted by atomic mass is 10.2. The van der Waals surface area contributed by atoms with E-state index >= 15 is 0 Å². The average molecular weight is 384 g/mol. The third-order valence-electron chi connectivity index (χ3n) is 3.60. The topological polar surface area (TPSA) is 79.1 Å². The summed E-state index contributed by atoms with van der Waals surface area (Å²) in [7, 11) is 0. The zero-order chi connectivity index (χ0) is 19.1. The molecule has 8 heteroatoms. The van der Waals surface area contributed by atoms with Crippen LogP contribution in [0.15, 0.2) is 53.9 Å². The molecule has 0 aliphatic carbocycles. The first-order chi connectivity index (χ1) is 13.2. The molecule has 0 saturated carbocycles. The SMILES string of the molecule is CCOC(=O)CSc1nnc(-c2ccncc2)n1-c1ccc(OCC)cc1. The summed E-state index contributed by atoms with van der Waals surface area (Å²) in [6.45, 7) is 4.69. The molecular weight excluding hydrogens is 364 g/mol. The van der Waals surface area contributed by atoms with Gasteiger partial charge in [-0.2, -0.15) is 0 Å². The lowest BCUT2D eigenvalue weighted by Gasteiger charge is -2.11. The Bertz CT molecular complexity index is 882. The summed E-state index contributed by atoms with van der Waals surface area (Å²) in [4.78, 5) is 15.8. The minimum absolute atomic E-state index is 0.166. The molecule has 0 radical (unpaired) electrons. The number of benzene rings is 1. The Morgan fingerprint density at radius 3 is 2.44 bits per heavy atom. The molecule has 140 valence electrons. The summed E-state index contributed by atoms with van der Waals surface area (Å²) in [6.07, 6.45) is 3.41. The van der Waals surface area contributed by atoms with Gasteiger partial charge in [0.25, 0.3) is 0 Å². The van der Waals surface area contributed by atoms with Gasteiger partial charge in [-0.1, -0.05) is 11.8 Å². The van der Waals surface area contributed by atoms with E-state index in [1.165, 1.54) is 11.8 Å². The Hall–Kier alpha value is -2.87. The van der Waals surface area contributed by atoms with E-state index in [1.807, 2.05) is 47.9 Å². The van der Waals surface area contributed by atoms with Crippen LogP contribution in [-0.4, -0.2) is 44.7 Å². The van der Waals surface area contributed by atoms with Gasteiger partial charge in [-0.3, -0.25) is 14.3 Å². The summed E-state index contributed by atoms with van der Waals surface area (Å²) in [5.74, 6) is 1.35. The second kappa shape index (κ2) is 9.18. The molecule has 0 aliphatic heterocycles. The summed E-state index contributed by atoms with van der Waals surface area (Å²) < 4.78 is 12.4. The summed E-state index contributed by atoms with van der Waals surface area (Å²) in [5, 5.41) is 9.21. The smallest absolute Gasteiger partial charge is 0.316 e. The molecule has 2 aromatic heterocycles. The Morgan fingerprint density at radius 2 is 1.78 bits per heavy atom. The van der Waals surface area contributed by atoms with Crippen LogP contribution >= 0.6 is 11.8 Å². The van der Waals surface area contributed by atoms with E-state index in [1.54, 1.807) is 19.3 Å². The maximum Gasteiger partial charge on any atom is 0.316 e. The van der Waals surface area contributed by atoms with E-state index in [4.69, 9.17) is 9.47 Å². The number of carbonyl (C=O) groups excluding carboxylic acids is 1. The largest absolute Gasteiger partial charge is 0.494 e. The number of thioether (sulfide) groups is 1. The number of rotatable bonds is 8. The number of aromatic nitrogens is 4. The molecule has 0 atom stereocenters. The van der Waals surface area contributed by atoms with Crippen molar-refractivity contribution in [1.82, 2.24) is 19.7 Å². The van der Waals surface area contributed by atoms with Gasteiger partial charge in [-0.25, -0.2) is 0 Å². The number of hydrogen-bond acceptors (Lipinski definition) is 7. The minimum atomic E-state index is -0.283. The zero-order valence-electron chi connectivity index (χ0n) is 15.2. The second-order valence-corrected chi connectivity index (χ2v) is 6.34. The van der Waals surface area contributed by atoms with Gasteiger partial charge >= 0.3 is 5.97 Å². The van der Waals surface area contributed by atoms with Gasteiger partial charge in [0.15, 0.2) is 11.0 Å². The Labute approximate surface area is 161 Å². The van der Waals surface area contributed by atoms with Crippen LogP contribution in [0.25, 0.3) is 17.1 Å². The first-order valence-corrected chi connectivity index (χ1v) is 9.59. The number of ether oxygens (including phenoxy) is 2. The number of hydrogen-bond donors (Lipinski definition) is 0. The zero-order valence-corrected chi connectivity index (χ0v) is 16.0. The fraction of sp³-hybridized carbons (Fsp3) is 0.263. The second-order valence-electron chi connectivity index (χ2n) is 5.40. The van der Waals surface area contributed by atoms with Crippen LogP contribution in [0.3, 0.4) is 0 Å². The van der Waals surface area contributed by atoms with Gasteiger partial charge in [0.1, 0.15) is 5.75 Å². The van der Waals surface area contributed by atoms with Crippen LogP contribution in [0.5, 0.6) is 5.75 Å². The van der Waals surface area contributed by atoms with Gasteiger partial charge < -0.3 is 9.47 Å². The standard InChI is InChI=1S/C19H20N4O3S/c1-3-25-16-7-5-15(6-8-16)23-18(14-9-11-20-12-10-14)21-22-19(23)27-13-17(24)26-4-2/h5-12H,3-4,13H2,1-2H3. The maximum atomic E-state index is 11.7. The van der Waals surface area contributed by atoms with Crippen LogP contribution in [0.2, 0.25) is 0 Å². The van der Waals surface area contributed by atoms with Crippen molar-refractivity contribution < 1.29 is 14.3 Å². The van der Waals surface area contributed by atoms with E-state index in [-0.39, 0.29) is 11.7 Å². The minimum Gasteiger partial charge on any atom is -0.494 e. The van der Waals surface area contributed by atoms with E-state index in [0.717, 1.165) is 17.0 Å². The van der Waals surface area contributed by atoms with Crippen molar-refractivity contribution in [1.29, 1.82) is 0 Å². The first-order valence-electron chi connectivity index (χ1n) is 8.60. The van der Waals surface area contributed by atoms with Crippen molar-refractivity contribution >= 4 is 17.7 Å². The highest BCUT2D eigenvalue weighted by molar-refractivity contribution is 7.99. The molecular formula is C19H20N4O3S. The summed E-state index contributed by atoms with van der Waals surface area (Å²) in [5.41, 5.74) is 1.76. The lowest BCUT2D eigenvalue weighted by molar-refractivity contribution is -0.139. The summed E-state index contributed by atoms with van der Waals surface area (Å²) >= 11 is 1.29. The van der Waals surface area contributed by atoms with Gasteiger partial charge in [0.05, 0.1) is 19.0 Å². The molecule has 0 saturated heterocycles. The van der Waals surface area contributed by atoms with Crippen LogP contribution < -0.4 is 4.74 Å². The van der Waals surface area contributed by atoms with Gasteiger partial charge in [-0.15, -0.1) is 10.2 Å². The molecule has 3 aromatic rings. The maximum absolute atomic E-state index is 11.7. The first kappa shape index (κ1) is 18.9. The van der Waals surface area contributed by atoms with Crippen LogP contribution in [-0.2, 0) is 9.53 Å². The van der Waals surface area contributed by atoms with Crippen molar-refractivity contribution in [2.24, 2.45) is 0 Å². The number of pyridine rings is 1. The lowest BCUT2D eigenvalue weighted by Crippen LogP contribution is -2.08. The van der Waals surface area contributed by atoms with Crippen molar-refractivity contribution in [3.8, 4) is 22.8 Å². The molecule has 7 nitrogen and oxygen atoms in total. The van der Waals surface area contributed by atoms with Crippen molar-refractivity contribution in [2.75, 3.05) is 19.0 Å². The Balaban J connectivity index is 1.96. The van der Waals surface area contributed by atoms with Crippen LogP contribution in [0.4, 0.5) is 0 Å². The number of esters is 1. The van der Waals surface area contributed by atoms with Gasteiger partial charge in [0, 0.05) is 23.6 Å². The van der Waals surface area contributed by atoms with E-state index in [9.17, 15) is 4.79 Å². The normalized spacial score (nSPS) is 10.6. The highest BCUT2D eigenvalue weighted by Gasteiger charge is 2.17. The highest BCUT2D eigenvalue weighted by Crippen LogP contribution is 2.28. The Kier molecular flexibility index (Phi) is 6.43.